The van der Waals surface area contributed by atoms with Crippen LogP contribution in [-0.2, 0) is 14.7 Å². The molecular weight excluding hydrogens is 235 g/mol. The maximum absolute atomic E-state index is 11.4. The predicted molar refractivity (Wildman–Crippen MR) is 42.6 cm³/mol. The molecule has 0 aromatic rings. The summed E-state index contributed by atoms with van der Waals surface area (Å²) < 4.78 is 35.1. The Morgan fingerprint density at radius 1 is 1.47 bits per heavy atom. The molecule has 2 amide bonds. The standard InChI is InChI=1S/C6H10N2O5S.Na/c9-6-7-3-1-2-5(4-7)8(6)13-14(10,11)12;/h5H,1-4H2,(H,10,11,12);/q;+1/p-1/t5-;/m1./s1. The van der Waals surface area contributed by atoms with E-state index in [1.165, 1.54) is 4.90 Å². The summed E-state index contributed by atoms with van der Waals surface area (Å²) in [5.41, 5.74) is 0. The quantitative estimate of drug-likeness (QED) is 0.283. The summed E-state index contributed by atoms with van der Waals surface area (Å²) in [6.45, 7) is 1.03. The molecule has 0 aromatic carbocycles. The van der Waals surface area contributed by atoms with Crippen molar-refractivity contribution in [1.82, 2.24) is 9.96 Å². The molecule has 2 heterocycles. The van der Waals surface area contributed by atoms with Gasteiger partial charge in [-0.2, -0.15) is 9.35 Å². The van der Waals surface area contributed by atoms with Crippen molar-refractivity contribution in [3.63, 3.8) is 0 Å². The molecule has 0 spiro atoms. The van der Waals surface area contributed by atoms with Gasteiger partial charge in [-0.05, 0) is 12.8 Å². The number of hydrogen-bond acceptors (Lipinski definition) is 5. The van der Waals surface area contributed by atoms with Gasteiger partial charge in [0.05, 0.1) is 6.04 Å². The molecular formula is C6H9N2NaO5S. The van der Waals surface area contributed by atoms with Crippen molar-refractivity contribution in [3.8, 4) is 0 Å². The van der Waals surface area contributed by atoms with Crippen molar-refractivity contribution < 1.29 is 51.6 Å². The summed E-state index contributed by atoms with van der Waals surface area (Å²) in [6.07, 6.45) is 1.47. The van der Waals surface area contributed by atoms with Crippen LogP contribution in [0.2, 0.25) is 0 Å². The molecule has 15 heavy (non-hydrogen) atoms. The average molecular weight is 244 g/mol. The van der Waals surface area contributed by atoms with Crippen molar-refractivity contribution in [1.29, 1.82) is 0 Å². The maximum atomic E-state index is 11.4. The van der Waals surface area contributed by atoms with Gasteiger partial charge in [-0.3, -0.25) is 0 Å². The number of rotatable bonds is 2. The van der Waals surface area contributed by atoms with Crippen LogP contribution in [0.1, 0.15) is 12.8 Å². The minimum atomic E-state index is -4.85. The van der Waals surface area contributed by atoms with Crippen molar-refractivity contribution in [2.24, 2.45) is 0 Å². The zero-order valence-electron chi connectivity index (χ0n) is 8.25. The first-order valence-corrected chi connectivity index (χ1v) is 5.54. The molecule has 2 aliphatic heterocycles. The second kappa shape index (κ2) is 4.56. The number of hydrogen-bond donors (Lipinski definition) is 0. The number of urea groups is 1. The van der Waals surface area contributed by atoms with Gasteiger partial charge in [-0.1, -0.05) is 0 Å². The van der Waals surface area contributed by atoms with Gasteiger partial charge < -0.3 is 9.45 Å². The summed E-state index contributed by atoms with van der Waals surface area (Å²) in [4.78, 5) is 12.9. The maximum Gasteiger partial charge on any atom is 1.00 e. The van der Waals surface area contributed by atoms with Crippen LogP contribution in [0.4, 0.5) is 4.79 Å². The Balaban J connectivity index is 0.00000112. The van der Waals surface area contributed by atoms with Crippen LogP contribution in [0.3, 0.4) is 0 Å². The summed E-state index contributed by atoms with van der Waals surface area (Å²) in [5, 5.41) is 0.676. The molecule has 0 aromatic heterocycles. The normalized spacial score (nSPS) is 25.4. The second-order valence-corrected chi connectivity index (χ2v) is 4.30. The molecule has 9 heteroatoms. The fraction of sp³-hybridized carbons (Fsp3) is 0.833. The smallest absolute Gasteiger partial charge is 0.724 e. The van der Waals surface area contributed by atoms with E-state index >= 15 is 0 Å². The van der Waals surface area contributed by atoms with Crippen LogP contribution >= 0.6 is 0 Å². The Kier molecular flexibility index (Phi) is 4.01. The minimum Gasteiger partial charge on any atom is -0.724 e. The van der Waals surface area contributed by atoms with Gasteiger partial charge in [0, 0.05) is 13.1 Å². The molecule has 0 saturated carbocycles. The van der Waals surface area contributed by atoms with Crippen LogP contribution in [0.15, 0.2) is 0 Å². The second-order valence-electron chi connectivity index (χ2n) is 3.33. The molecule has 0 N–H and O–H groups in total. The number of carbonyl (C=O) groups excluding carboxylic acids is 1. The third kappa shape index (κ3) is 2.83. The molecule has 80 valence electrons. The van der Waals surface area contributed by atoms with Gasteiger partial charge in [0.25, 0.3) is 0 Å². The Labute approximate surface area is 110 Å². The third-order valence-electron chi connectivity index (χ3n) is 2.36. The van der Waals surface area contributed by atoms with Crippen molar-refractivity contribution >= 4 is 16.4 Å². The fourth-order valence-electron chi connectivity index (χ4n) is 1.81. The Morgan fingerprint density at radius 2 is 2.13 bits per heavy atom. The van der Waals surface area contributed by atoms with Gasteiger partial charge in [0.15, 0.2) is 0 Å². The van der Waals surface area contributed by atoms with Crippen molar-refractivity contribution in [3.05, 3.63) is 0 Å². The average Bonchev–Trinajstić information content (AvgIpc) is 2.28. The van der Waals surface area contributed by atoms with E-state index in [0.717, 1.165) is 6.42 Å². The third-order valence-corrected chi connectivity index (χ3v) is 2.70. The van der Waals surface area contributed by atoms with Crippen LogP contribution in [0.5, 0.6) is 0 Å². The SMILES string of the molecule is O=C1N2CCC[C@H](C2)N1OS(=O)(=O)[O-].[Na+]. The minimum absolute atomic E-state index is 0. The molecule has 0 unspecified atom stereocenters. The van der Waals surface area contributed by atoms with E-state index < -0.39 is 16.4 Å². The Hall–Kier alpha value is 0.140. The molecule has 2 aliphatic rings. The van der Waals surface area contributed by atoms with Gasteiger partial charge >= 0.3 is 35.6 Å². The van der Waals surface area contributed by atoms with E-state index in [1.54, 1.807) is 0 Å². The summed E-state index contributed by atoms with van der Waals surface area (Å²) in [6, 6.07) is -0.841. The number of piperidine rings is 1. The van der Waals surface area contributed by atoms with E-state index in [-0.39, 0.29) is 35.6 Å². The number of hydroxylamine groups is 2. The molecule has 7 nitrogen and oxygen atoms in total. The van der Waals surface area contributed by atoms with E-state index in [1.807, 2.05) is 0 Å². The number of carbonyl (C=O) groups is 1. The molecule has 2 fully saturated rings. The molecule has 2 bridgehead atoms. The van der Waals surface area contributed by atoms with E-state index in [2.05, 4.69) is 4.28 Å². The summed E-state index contributed by atoms with van der Waals surface area (Å²) in [7, 11) is -4.85. The first-order chi connectivity index (χ1) is 6.47. The van der Waals surface area contributed by atoms with E-state index in [4.69, 9.17) is 0 Å². The molecule has 2 rings (SSSR count). The molecule has 2 saturated heterocycles. The first-order valence-electron chi connectivity index (χ1n) is 4.21. The van der Waals surface area contributed by atoms with E-state index in [0.29, 0.717) is 24.6 Å². The summed E-state index contributed by atoms with van der Waals surface area (Å²) in [5.74, 6) is 0. The van der Waals surface area contributed by atoms with Crippen LogP contribution in [0.25, 0.3) is 0 Å². The Bertz CT molecular complexity index is 359. The number of amides is 2. The van der Waals surface area contributed by atoms with E-state index in [9.17, 15) is 17.8 Å². The zero-order chi connectivity index (χ0) is 10.3. The van der Waals surface area contributed by atoms with Crippen molar-refractivity contribution in [2.45, 2.75) is 18.9 Å². The van der Waals surface area contributed by atoms with Crippen LogP contribution in [0, 0.1) is 0 Å². The van der Waals surface area contributed by atoms with Crippen molar-refractivity contribution in [2.75, 3.05) is 13.1 Å². The van der Waals surface area contributed by atoms with Gasteiger partial charge in [0.2, 0.25) is 10.4 Å². The fourth-order valence-corrected chi connectivity index (χ4v) is 2.19. The molecule has 0 aliphatic carbocycles. The van der Waals surface area contributed by atoms with Gasteiger partial charge in [-0.25, -0.2) is 13.2 Å². The Morgan fingerprint density at radius 3 is 2.67 bits per heavy atom. The zero-order valence-corrected chi connectivity index (χ0v) is 11.1. The monoisotopic (exact) mass is 244 g/mol. The van der Waals surface area contributed by atoms with Crippen LogP contribution < -0.4 is 29.6 Å². The number of nitrogens with zero attached hydrogens (tertiary/aromatic N) is 2. The van der Waals surface area contributed by atoms with Gasteiger partial charge in [-0.15, -0.1) is 0 Å². The number of fused-ring (bicyclic) bond motifs is 2. The largest absolute Gasteiger partial charge is 1.00 e. The topological polar surface area (TPSA) is 90.0 Å². The first kappa shape index (κ1) is 13.2. The molecule has 0 radical (unpaired) electrons. The van der Waals surface area contributed by atoms with Crippen LogP contribution in [-0.4, -0.2) is 48.1 Å². The molecule has 1 atom stereocenters. The predicted octanol–water partition coefficient (Wildman–Crippen LogP) is -3.72. The summed E-state index contributed by atoms with van der Waals surface area (Å²) >= 11 is 0. The van der Waals surface area contributed by atoms with Gasteiger partial charge in [0.1, 0.15) is 0 Å².